The van der Waals surface area contributed by atoms with Crippen molar-refractivity contribution in [3.8, 4) is 10.7 Å². The summed E-state index contributed by atoms with van der Waals surface area (Å²) >= 11 is 7.47. The average molecular weight is 267 g/mol. The van der Waals surface area contributed by atoms with Crippen molar-refractivity contribution >= 4 is 29.2 Å². The van der Waals surface area contributed by atoms with Gasteiger partial charge in [0.25, 0.3) is 0 Å². The average Bonchev–Trinajstić information content (AvgIpc) is 2.77. The molecule has 3 nitrogen and oxygen atoms in total. The van der Waals surface area contributed by atoms with Crippen LogP contribution in [0.2, 0.25) is 5.15 Å². The maximum atomic E-state index is 10.6. The number of hydrogen-bond acceptors (Lipinski definition) is 4. The molecule has 0 amide bonds. The van der Waals surface area contributed by atoms with E-state index >= 15 is 0 Å². The number of aldehydes is 1. The van der Waals surface area contributed by atoms with E-state index < -0.39 is 0 Å². The van der Waals surface area contributed by atoms with Crippen LogP contribution in [0.4, 0.5) is 0 Å². The van der Waals surface area contributed by atoms with Crippen LogP contribution in [-0.4, -0.2) is 16.3 Å². The fourth-order valence-electron chi connectivity index (χ4n) is 1.61. The molecule has 0 fully saturated rings. The van der Waals surface area contributed by atoms with E-state index in [2.05, 4.69) is 9.97 Å². The molecule has 0 aliphatic carbocycles. The summed E-state index contributed by atoms with van der Waals surface area (Å²) in [4.78, 5) is 20.8. The molecule has 0 spiro atoms. The first-order valence-corrected chi connectivity index (χ1v) is 6.43. The molecule has 0 N–H and O–H groups in total. The monoisotopic (exact) mass is 266 g/mol. The van der Waals surface area contributed by atoms with Gasteiger partial charge >= 0.3 is 0 Å². The van der Waals surface area contributed by atoms with Crippen molar-refractivity contribution in [1.29, 1.82) is 0 Å². The topological polar surface area (TPSA) is 42.9 Å². The zero-order valence-electron chi connectivity index (χ0n) is 9.53. The molecular formula is C12H11ClN2OS. The summed E-state index contributed by atoms with van der Waals surface area (Å²) in [5.41, 5.74) is 1.87. The van der Waals surface area contributed by atoms with Crippen LogP contribution in [0.5, 0.6) is 0 Å². The zero-order chi connectivity index (χ0) is 12.4. The summed E-state index contributed by atoms with van der Waals surface area (Å²) in [6.07, 6.45) is 1.64. The first kappa shape index (κ1) is 12.2. The molecule has 0 atom stereocenters. The van der Waals surface area contributed by atoms with Gasteiger partial charge in [0.2, 0.25) is 0 Å². The fraction of sp³-hybridized carbons (Fsp3) is 0.250. The minimum absolute atomic E-state index is 0.496. The SMILES string of the molecule is CCc1c(C)nc(-c2ccc(C=O)s2)nc1Cl. The first-order chi connectivity index (χ1) is 8.15. The van der Waals surface area contributed by atoms with Gasteiger partial charge < -0.3 is 0 Å². The minimum atomic E-state index is 0.496. The predicted molar refractivity (Wildman–Crippen MR) is 69.9 cm³/mol. The largest absolute Gasteiger partial charge is 0.297 e. The molecule has 0 aliphatic heterocycles. The highest BCUT2D eigenvalue weighted by Crippen LogP contribution is 2.27. The van der Waals surface area contributed by atoms with Gasteiger partial charge in [-0.1, -0.05) is 18.5 Å². The second-order valence-corrected chi connectivity index (χ2v) is 5.05. The Labute approximate surface area is 108 Å². The molecule has 2 rings (SSSR count). The van der Waals surface area contributed by atoms with Crippen LogP contribution in [0.25, 0.3) is 10.7 Å². The lowest BCUT2D eigenvalue weighted by molar-refractivity contribution is 0.112. The summed E-state index contributed by atoms with van der Waals surface area (Å²) in [5, 5.41) is 0.496. The number of aryl methyl sites for hydroxylation is 1. The molecule has 0 unspecified atom stereocenters. The predicted octanol–water partition coefficient (Wildman–Crippen LogP) is 3.54. The third kappa shape index (κ3) is 2.37. The van der Waals surface area contributed by atoms with Crippen molar-refractivity contribution in [1.82, 2.24) is 9.97 Å². The van der Waals surface area contributed by atoms with Crippen LogP contribution < -0.4 is 0 Å². The van der Waals surface area contributed by atoms with E-state index in [1.807, 2.05) is 19.9 Å². The second kappa shape index (κ2) is 4.94. The molecule has 5 heteroatoms. The van der Waals surface area contributed by atoms with E-state index in [0.717, 1.165) is 28.8 Å². The number of carbonyl (C=O) groups excluding carboxylic acids is 1. The molecule has 0 aliphatic rings. The number of hydrogen-bond donors (Lipinski definition) is 0. The van der Waals surface area contributed by atoms with Gasteiger partial charge in [0, 0.05) is 11.3 Å². The molecule has 17 heavy (non-hydrogen) atoms. The normalized spacial score (nSPS) is 10.5. The van der Waals surface area contributed by atoms with Crippen LogP contribution in [0.15, 0.2) is 12.1 Å². The van der Waals surface area contributed by atoms with E-state index in [9.17, 15) is 4.79 Å². The fourth-order valence-corrected chi connectivity index (χ4v) is 2.72. The van der Waals surface area contributed by atoms with Gasteiger partial charge in [-0.2, -0.15) is 0 Å². The van der Waals surface area contributed by atoms with Crippen molar-refractivity contribution in [3.05, 3.63) is 33.4 Å². The van der Waals surface area contributed by atoms with E-state index in [4.69, 9.17) is 11.6 Å². The number of aromatic nitrogens is 2. The third-order valence-electron chi connectivity index (χ3n) is 2.48. The Balaban J connectivity index is 2.49. The lowest BCUT2D eigenvalue weighted by Crippen LogP contribution is -1.98. The van der Waals surface area contributed by atoms with E-state index in [1.54, 1.807) is 6.07 Å². The Hall–Kier alpha value is -1.26. The summed E-state index contributed by atoms with van der Waals surface area (Å²) < 4.78 is 0. The number of halogens is 1. The molecule has 0 saturated heterocycles. The van der Waals surface area contributed by atoms with Crippen LogP contribution in [0, 0.1) is 6.92 Å². The highest BCUT2D eigenvalue weighted by atomic mass is 35.5. The highest BCUT2D eigenvalue weighted by molar-refractivity contribution is 7.16. The zero-order valence-corrected chi connectivity index (χ0v) is 11.1. The quantitative estimate of drug-likeness (QED) is 0.630. The van der Waals surface area contributed by atoms with Crippen molar-refractivity contribution in [3.63, 3.8) is 0 Å². The van der Waals surface area contributed by atoms with E-state index in [1.165, 1.54) is 11.3 Å². The molecule has 2 aromatic rings. The lowest BCUT2D eigenvalue weighted by atomic mass is 10.2. The molecular weight excluding hydrogens is 256 g/mol. The molecule has 0 bridgehead atoms. The summed E-state index contributed by atoms with van der Waals surface area (Å²) in [6.45, 7) is 3.94. The Morgan fingerprint density at radius 3 is 2.71 bits per heavy atom. The smallest absolute Gasteiger partial charge is 0.171 e. The number of rotatable bonds is 3. The number of thiophene rings is 1. The van der Waals surface area contributed by atoms with E-state index in [-0.39, 0.29) is 0 Å². The van der Waals surface area contributed by atoms with Gasteiger partial charge in [-0.15, -0.1) is 11.3 Å². The maximum Gasteiger partial charge on any atom is 0.171 e. The summed E-state index contributed by atoms with van der Waals surface area (Å²) in [5.74, 6) is 0.586. The Morgan fingerprint density at radius 1 is 1.41 bits per heavy atom. The van der Waals surface area contributed by atoms with Gasteiger partial charge in [-0.05, 0) is 25.5 Å². The summed E-state index contributed by atoms with van der Waals surface area (Å²) in [7, 11) is 0. The second-order valence-electron chi connectivity index (χ2n) is 3.58. The van der Waals surface area contributed by atoms with Gasteiger partial charge in [-0.3, -0.25) is 4.79 Å². The van der Waals surface area contributed by atoms with Crippen LogP contribution in [-0.2, 0) is 6.42 Å². The third-order valence-corrected chi connectivity index (χ3v) is 3.80. The minimum Gasteiger partial charge on any atom is -0.297 e. The van der Waals surface area contributed by atoms with Crippen LogP contribution in [0.3, 0.4) is 0 Å². The molecule has 0 aromatic carbocycles. The standard InChI is InChI=1S/C12H11ClN2OS/c1-3-9-7(2)14-12(15-11(9)13)10-5-4-8(6-16)17-10/h4-6H,3H2,1-2H3. The first-order valence-electron chi connectivity index (χ1n) is 5.24. The molecule has 0 radical (unpaired) electrons. The number of carbonyl (C=O) groups is 1. The van der Waals surface area contributed by atoms with Crippen molar-refractivity contribution < 1.29 is 4.79 Å². The summed E-state index contributed by atoms with van der Waals surface area (Å²) in [6, 6.07) is 3.60. The van der Waals surface area contributed by atoms with Gasteiger partial charge in [0.1, 0.15) is 5.15 Å². The number of nitrogens with zero attached hydrogens (tertiary/aromatic N) is 2. The lowest BCUT2D eigenvalue weighted by Gasteiger charge is -2.06. The maximum absolute atomic E-state index is 10.6. The van der Waals surface area contributed by atoms with Crippen LogP contribution >= 0.6 is 22.9 Å². The molecule has 0 saturated carbocycles. The van der Waals surface area contributed by atoms with Crippen molar-refractivity contribution in [2.24, 2.45) is 0 Å². The van der Waals surface area contributed by atoms with Crippen molar-refractivity contribution in [2.45, 2.75) is 20.3 Å². The van der Waals surface area contributed by atoms with E-state index in [0.29, 0.717) is 15.9 Å². The molecule has 2 aromatic heterocycles. The van der Waals surface area contributed by atoms with Crippen molar-refractivity contribution in [2.75, 3.05) is 0 Å². The Kier molecular flexibility index (Phi) is 3.54. The molecule has 88 valence electrons. The Bertz CT molecular complexity index is 542. The Morgan fingerprint density at radius 2 is 2.18 bits per heavy atom. The van der Waals surface area contributed by atoms with Gasteiger partial charge in [-0.25, -0.2) is 9.97 Å². The van der Waals surface area contributed by atoms with Crippen LogP contribution in [0.1, 0.15) is 27.9 Å². The van der Waals surface area contributed by atoms with Gasteiger partial charge in [0.15, 0.2) is 12.1 Å². The van der Waals surface area contributed by atoms with Gasteiger partial charge in [0.05, 0.1) is 9.75 Å². The highest BCUT2D eigenvalue weighted by Gasteiger charge is 2.11. The molecule has 2 heterocycles.